The van der Waals surface area contributed by atoms with E-state index in [2.05, 4.69) is 37.8 Å². The van der Waals surface area contributed by atoms with Crippen LogP contribution in [-0.2, 0) is 4.74 Å². The third-order valence-electron chi connectivity index (χ3n) is 2.55. The molecule has 0 amide bonds. The first-order chi connectivity index (χ1) is 7.18. The van der Waals surface area contributed by atoms with Crippen molar-refractivity contribution in [3.8, 4) is 0 Å². The van der Waals surface area contributed by atoms with Gasteiger partial charge in [0.25, 0.3) is 0 Å². The van der Waals surface area contributed by atoms with Crippen molar-refractivity contribution in [2.45, 2.75) is 44.9 Å². The van der Waals surface area contributed by atoms with E-state index in [0.29, 0.717) is 5.92 Å². The van der Waals surface area contributed by atoms with Crippen LogP contribution in [-0.4, -0.2) is 36.8 Å². The highest BCUT2D eigenvalue weighted by Gasteiger charge is 2.20. The van der Waals surface area contributed by atoms with Crippen LogP contribution in [0.15, 0.2) is 0 Å². The molecule has 1 rings (SSSR count). The number of thioether (sulfide) groups is 1. The maximum Gasteiger partial charge on any atom is 0.0489 e. The van der Waals surface area contributed by atoms with Gasteiger partial charge in [0.1, 0.15) is 0 Å². The molecule has 1 aliphatic heterocycles. The van der Waals surface area contributed by atoms with Crippen LogP contribution in [0.5, 0.6) is 0 Å². The largest absolute Gasteiger partial charge is 0.381 e. The molecule has 2 nitrogen and oxygen atoms in total. The van der Waals surface area contributed by atoms with E-state index in [1.807, 2.05) is 0 Å². The lowest BCUT2D eigenvalue weighted by molar-refractivity contribution is 0.107. The average Bonchev–Trinajstić information content (AvgIpc) is 2.57. The summed E-state index contributed by atoms with van der Waals surface area (Å²) in [6.45, 7) is 9.61. The van der Waals surface area contributed by atoms with E-state index < -0.39 is 0 Å². The van der Waals surface area contributed by atoms with Crippen molar-refractivity contribution in [2.75, 3.05) is 25.5 Å². The Kier molecular flexibility index (Phi) is 6.69. The zero-order valence-corrected chi connectivity index (χ0v) is 11.1. The fourth-order valence-corrected chi connectivity index (χ4v) is 2.94. The van der Waals surface area contributed by atoms with Crippen LogP contribution in [0.4, 0.5) is 0 Å². The normalized spacial score (nSPS) is 26.4. The van der Waals surface area contributed by atoms with Crippen molar-refractivity contribution in [2.24, 2.45) is 5.92 Å². The summed E-state index contributed by atoms with van der Waals surface area (Å²) in [5.74, 6) is 1.94. The molecular formula is C12H25NOS. The van der Waals surface area contributed by atoms with Gasteiger partial charge in [0.15, 0.2) is 0 Å². The Balaban J connectivity index is 1.85. The van der Waals surface area contributed by atoms with Gasteiger partial charge in [-0.2, -0.15) is 11.8 Å². The van der Waals surface area contributed by atoms with Gasteiger partial charge in [-0.05, 0) is 25.3 Å². The Morgan fingerprint density at radius 1 is 1.47 bits per heavy atom. The minimum Gasteiger partial charge on any atom is -0.381 e. The highest BCUT2D eigenvalue weighted by Crippen LogP contribution is 2.25. The summed E-state index contributed by atoms with van der Waals surface area (Å²) in [6, 6.07) is 0.745. The molecule has 2 unspecified atom stereocenters. The second kappa shape index (κ2) is 7.53. The Morgan fingerprint density at radius 2 is 2.27 bits per heavy atom. The van der Waals surface area contributed by atoms with Crippen molar-refractivity contribution in [1.82, 2.24) is 5.32 Å². The van der Waals surface area contributed by atoms with Gasteiger partial charge in [0.05, 0.1) is 0 Å². The molecule has 0 aromatic heterocycles. The van der Waals surface area contributed by atoms with Crippen LogP contribution in [0.2, 0.25) is 0 Å². The molecule has 3 heteroatoms. The minimum atomic E-state index is 0.657. The summed E-state index contributed by atoms with van der Waals surface area (Å²) in [5.41, 5.74) is 0. The van der Waals surface area contributed by atoms with Crippen molar-refractivity contribution in [3.05, 3.63) is 0 Å². The van der Waals surface area contributed by atoms with Crippen LogP contribution < -0.4 is 5.32 Å². The predicted octanol–water partition coefficient (Wildman–Crippen LogP) is 2.53. The van der Waals surface area contributed by atoms with Crippen LogP contribution in [0, 0.1) is 5.92 Å². The molecule has 90 valence electrons. The molecule has 0 aromatic rings. The molecule has 2 atom stereocenters. The smallest absolute Gasteiger partial charge is 0.0489 e. The molecule has 0 saturated carbocycles. The second-order valence-electron chi connectivity index (χ2n) is 4.85. The van der Waals surface area contributed by atoms with Gasteiger partial charge in [-0.3, -0.25) is 0 Å². The molecule has 1 saturated heterocycles. The second-order valence-corrected chi connectivity index (χ2v) is 6.32. The first-order valence-electron chi connectivity index (χ1n) is 6.11. The van der Waals surface area contributed by atoms with Crippen LogP contribution >= 0.6 is 11.8 Å². The Bertz CT molecular complexity index is 164. The van der Waals surface area contributed by atoms with E-state index >= 15 is 0 Å². The third-order valence-corrected chi connectivity index (χ3v) is 3.90. The van der Waals surface area contributed by atoms with E-state index in [0.717, 1.165) is 37.5 Å². The number of rotatable bonds is 7. The summed E-state index contributed by atoms with van der Waals surface area (Å²) in [7, 11) is 0. The third kappa shape index (κ3) is 6.44. The van der Waals surface area contributed by atoms with Crippen molar-refractivity contribution < 1.29 is 4.74 Å². The molecule has 0 bridgehead atoms. The monoisotopic (exact) mass is 231 g/mol. The standard InChI is InChI=1S/C12H25NOS/c1-10(2)8-14-6-4-5-13-12-7-11(3)15-9-12/h10-13H,4-9H2,1-3H3. The van der Waals surface area contributed by atoms with Crippen LogP contribution in [0.25, 0.3) is 0 Å². The number of ether oxygens (including phenoxy) is 1. The van der Waals surface area contributed by atoms with Crippen molar-refractivity contribution >= 4 is 11.8 Å². The van der Waals surface area contributed by atoms with Crippen molar-refractivity contribution in [3.63, 3.8) is 0 Å². The topological polar surface area (TPSA) is 21.3 Å². The van der Waals surface area contributed by atoms with E-state index in [1.54, 1.807) is 0 Å². The fourth-order valence-electron chi connectivity index (χ4n) is 1.76. The molecule has 0 aliphatic carbocycles. The van der Waals surface area contributed by atoms with E-state index in [4.69, 9.17) is 4.74 Å². The quantitative estimate of drug-likeness (QED) is 0.680. The Hall–Kier alpha value is 0.270. The van der Waals surface area contributed by atoms with Gasteiger partial charge >= 0.3 is 0 Å². The molecule has 0 aromatic carbocycles. The van der Waals surface area contributed by atoms with Gasteiger partial charge in [0.2, 0.25) is 0 Å². The molecular weight excluding hydrogens is 206 g/mol. The maximum atomic E-state index is 5.54. The Labute approximate surface area is 98.5 Å². The Morgan fingerprint density at radius 3 is 2.87 bits per heavy atom. The van der Waals surface area contributed by atoms with E-state index in [9.17, 15) is 0 Å². The highest BCUT2D eigenvalue weighted by molar-refractivity contribution is 8.00. The highest BCUT2D eigenvalue weighted by atomic mass is 32.2. The molecule has 1 heterocycles. The van der Waals surface area contributed by atoms with Crippen molar-refractivity contribution in [1.29, 1.82) is 0 Å². The van der Waals surface area contributed by atoms with Gasteiger partial charge in [0, 0.05) is 30.3 Å². The summed E-state index contributed by atoms with van der Waals surface area (Å²) in [4.78, 5) is 0. The molecule has 15 heavy (non-hydrogen) atoms. The summed E-state index contributed by atoms with van der Waals surface area (Å²) in [5, 5.41) is 4.45. The summed E-state index contributed by atoms with van der Waals surface area (Å²) in [6.07, 6.45) is 2.47. The summed E-state index contributed by atoms with van der Waals surface area (Å²) < 4.78 is 5.54. The lowest BCUT2D eigenvalue weighted by atomic mass is 10.2. The lowest BCUT2D eigenvalue weighted by Crippen LogP contribution is -2.30. The number of nitrogens with one attached hydrogen (secondary N) is 1. The van der Waals surface area contributed by atoms with Gasteiger partial charge in [-0.1, -0.05) is 20.8 Å². The first kappa shape index (κ1) is 13.3. The van der Waals surface area contributed by atoms with Gasteiger partial charge < -0.3 is 10.1 Å². The average molecular weight is 231 g/mol. The lowest BCUT2D eigenvalue weighted by Gasteiger charge is -2.11. The van der Waals surface area contributed by atoms with Crippen LogP contribution in [0.3, 0.4) is 0 Å². The number of hydrogen-bond acceptors (Lipinski definition) is 3. The number of hydrogen-bond donors (Lipinski definition) is 1. The summed E-state index contributed by atoms with van der Waals surface area (Å²) >= 11 is 2.08. The minimum absolute atomic E-state index is 0.657. The predicted molar refractivity (Wildman–Crippen MR) is 68.6 cm³/mol. The van der Waals surface area contributed by atoms with Crippen LogP contribution in [0.1, 0.15) is 33.6 Å². The molecule has 1 aliphatic rings. The maximum absolute atomic E-state index is 5.54. The SMILES string of the molecule is CC(C)COCCCNC1CSC(C)C1. The zero-order valence-electron chi connectivity index (χ0n) is 10.3. The molecule has 0 radical (unpaired) electrons. The van der Waals surface area contributed by atoms with Gasteiger partial charge in [-0.15, -0.1) is 0 Å². The first-order valence-corrected chi connectivity index (χ1v) is 7.16. The fraction of sp³-hybridized carbons (Fsp3) is 1.00. The van der Waals surface area contributed by atoms with E-state index in [1.165, 1.54) is 12.2 Å². The molecule has 1 fully saturated rings. The molecule has 0 spiro atoms. The van der Waals surface area contributed by atoms with E-state index in [-0.39, 0.29) is 0 Å². The van der Waals surface area contributed by atoms with Gasteiger partial charge in [-0.25, -0.2) is 0 Å². The molecule has 1 N–H and O–H groups in total. The zero-order chi connectivity index (χ0) is 11.1.